The molecule has 0 saturated heterocycles. The Morgan fingerprint density at radius 1 is 0.846 bits per heavy atom. The van der Waals surface area contributed by atoms with Crippen molar-refractivity contribution < 1.29 is 13.2 Å². The van der Waals surface area contributed by atoms with Gasteiger partial charge in [-0.1, -0.05) is 64.0 Å². The molecule has 0 heterocycles. The van der Waals surface area contributed by atoms with E-state index in [0.717, 1.165) is 24.5 Å². The first-order chi connectivity index (χ1) is 12.6. The average molecular weight is 367 g/mol. The monoisotopic (exact) mass is 366 g/mol. The Balaban J connectivity index is 1.60. The molecule has 26 heavy (non-hydrogen) atoms. The number of aryl methyl sites for hydroxylation is 1. The van der Waals surface area contributed by atoms with Crippen LogP contribution in [0.2, 0.25) is 0 Å². The molecule has 0 radical (unpaired) electrons. The van der Waals surface area contributed by atoms with Gasteiger partial charge in [-0.2, -0.15) is 0 Å². The summed E-state index contributed by atoms with van der Waals surface area (Å²) in [7, 11) is 0. The van der Waals surface area contributed by atoms with Crippen LogP contribution in [0.1, 0.15) is 83.1 Å². The molecule has 0 bridgehead atoms. The van der Waals surface area contributed by atoms with Gasteiger partial charge in [0.1, 0.15) is 0 Å². The van der Waals surface area contributed by atoms with Crippen LogP contribution < -0.4 is 0 Å². The lowest BCUT2D eigenvalue weighted by Crippen LogP contribution is -2.15. The SMILES string of the molecule is CCC/C=C/CCCCC1CCC(CCc2cc(F)c(F)c(F)c2)CC1. The van der Waals surface area contributed by atoms with E-state index in [9.17, 15) is 13.2 Å². The predicted molar refractivity (Wildman–Crippen MR) is 103 cm³/mol. The van der Waals surface area contributed by atoms with E-state index in [1.54, 1.807) is 0 Å². The molecule has 146 valence electrons. The van der Waals surface area contributed by atoms with E-state index in [-0.39, 0.29) is 0 Å². The summed E-state index contributed by atoms with van der Waals surface area (Å²) in [5, 5.41) is 0. The van der Waals surface area contributed by atoms with Gasteiger partial charge in [-0.15, -0.1) is 0 Å². The van der Waals surface area contributed by atoms with Crippen molar-refractivity contribution in [1.82, 2.24) is 0 Å². The third-order valence-corrected chi connectivity index (χ3v) is 5.71. The van der Waals surface area contributed by atoms with Gasteiger partial charge in [0.15, 0.2) is 17.5 Å². The number of allylic oxidation sites excluding steroid dienone is 2. The van der Waals surface area contributed by atoms with Crippen LogP contribution in [-0.4, -0.2) is 0 Å². The van der Waals surface area contributed by atoms with Crippen molar-refractivity contribution in [2.75, 3.05) is 0 Å². The molecule has 1 aliphatic rings. The highest BCUT2D eigenvalue weighted by molar-refractivity contribution is 5.19. The van der Waals surface area contributed by atoms with E-state index in [4.69, 9.17) is 0 Å². The van der Waals surface area contributed by atoms with Gasteiger partial charge in [-0.05, 0) is 61.6 Å². The van der Waals surface area contributed by atoms with Gasteiger partial charge in [0.2, 0.25) is 0 Å². The van der Waals surface area contributed by atoms with Crippen molar-refractivity contribution in [3.8, 4) is 0 Å². The van der Waals surface area contributed by atoms with E-state index < -0.39 is 17.5 Å². The Bertz CT molecular complexity index is 534. The van der Waals surface area contributed by atoms with Crippen LogP contribution in [0.5, 0.6) is 0 Å². The molecule has 0 nitrogen and oxygen atoms in total. The number of benzene rings is 1. The van der Waals surface area contributed by atoms with Crippen LogP contribution in [0.4, 0.5) is 13.2 Å². The minimum absolute atomic E-state index is 0.569. The maximum atomic E-state index is 13.3. The third-order valence-electron chi connectivity index (χ3n) is 5.71. The highest BCUT2D eigenvalue weighted by Crippen LogP contribution is 2.34. The summed E-state index contributed by atoms with van der Waals surface area (Å²) in [6, 6.07) is 2.28. The van der Waals surface area contributed by atoms with Gasteiger partial charge in [-0.25, -0.2) is 13.2 Å². The fraction of sp³-hybridized carbons (Fsp3) is 0.652. The molecular formula is C23H33F3. The molecule has 1 aliphatic carbocycles. The first kappa shape index (κ1) is 21.1. The summed E-state index contributed by atoms with van der Waals surface area (Å²) >= 11 is 0. The lowest BCUT2D eigenvalue weighted by Gasteiger charge is -2.28. The topological polar surface area (TPSA) is 0 Å². The largest absolute Gasteiger partial charge is 0.204 e. The number of hydrogen-bond donors (Lipinski definition) is 0. The van der Waals surface area contributed by atoms with Crippen molar-refractivity contribution in [2.24, 2.45) is 11.8 Å². The summed E-state index contributed by atoms with van der Waals surface area (Å²) in [4.78, 5) is 0. The molecule has 0 amide bonds. The van der Waals surface area contributed by atoms with Gasteiger partial charge in [0.25, 0.3) is 0 Å². The highest BCUT2D eigenvalue weighted by Gasteiger charge is 2.21. The summed E-state index contributed by atoms with van der Waals surface area (Å²) in [6.45, 7) is 2.21. The van der Waals surface area contributed by atoms with Crippen LogP contribution in [0.15, 0.2) is 24.3 Å². The van der Waals surface area contributed by atoms with E-state index in [0.29, 0.717) is 17.9 Å². The summed E-state index contributed by atoms with van der Waals surface area (Å²) in [5.41, 5.74) is 0.569. The maximum Gasteiger partial charge on any atom is 0.194 e. The molecule has 1 aromatic rings. The zero-order chi connectivity index (χ0) is 18.8. The molecule has 0 N–H and O–H groups in total. The van der Waals surface area contributed by atoms with Gasteiger partial charge >= 0.3 is 0 Å². The zero-order valence-electron chi connectivity index (χ0n) is 16.1. The second-order valence-electron chi connectivity index (χ2n) is 7.84. The summed E-state index contributed by atoms with van der Waals surface area (Å²) in [6.07, 6.45) is 18.8. The van der Waals surface area contributed by atoms with E-state index in [1.165, 1.54) is 64.2 Å². The third kappa shape index (κ3) is 7.17. The smallest absolute Gasteiger partial charge is 0.194 e. The lowest BCUT2D eigenvalue weighted by atomic mass is 9.78. The van der Waals surface area contributed by atoms with Crippen LogP contribution >= 0.6 is 0 Å². The van der Waals surface area contributed by atoms with Crippen molar-refractivity contribution in [1.29, 1.82) is 0 Å². The van der Waals surface area contributed by atoms with E-state index in [1.807, 2.05) is 0 Å². The van der Waals surface area contributed by atoms with E-state index in [2.05, 4.69) is 19.1 Å². The first-order valence-electron chi connectivity index (χ1n) is 10.4. The van der Waals surface area contributed by atoms with Gasteiger partial charge < -0.3 is 0 Å². The Hall–Kier alpha value is -1.25. The minimum atomic E-state index is -1.37. The molecule has 0 aromatic heterocycles. The fourth-order valence-corrected chi connectivity index (χ4v) is 4.03. The summed E-state index contributed by atoms with van der Waals surface area (Å²) < 4.78 is 39.5. The molecule has 1 saturated carbocycles. The van der Waals surface area contributed by atoms with Crippen molar-refractivity contribution in [3.63, 3.8) is 0 Å². The van der Waals surface area contributed by atoms with E-state index >= 15 is 0 Å². The first-order valence-corrected chi connectivity index (χ1v) is 10.4. The molecule has 0 spiro atoms. The standard InChI is InChI=1S/C23H33F3/c1-2-3-4-5-6-7-8-9-18-10-12-19(13-11-18)14-15-20-16-21(24)23(26)22(25)17-20/h4-5,16-19H,2-3,6-15H2,1H3/b5-4+. The van der Waals surface area contributed by atoms with Gasteiger partial charge in [0, 0.05) is 0 Å². The molecule has 2 rings (SSSR count). The van der Waals surface area contributed by atoms with Crippen molar-refractivity contribution in [3.05, 3.63) is 47.3 Å². The van der Waals surface area contributed by atoms with Crippen LogP contribution in [0.25, 0.3) is 0 Å². The van der Waals surface area contributed by atoms with Gasteiger partial charge in [0.05, 0.1) is 0 Å². The molecule has 0 atom stereocenters. The lowest BCUT2D eigenvalue weighted by molar-refractivity contribution is 0.249. The second kappa shape index (κ2) is 11.5. The number of rotatable bonds is 10. The Kier molecular flexibility index (Phi) is 9.28. The Labute approximate surface area is 156 Å². The Morgan fingerprint density at radius 2 is 1.42 bits per heavy atom. The number of halogens is 3. The average Bonchev–Trinajstić information content (AvgIpc) is 2.64. The van der Waals surface area contributed by atoms with Crippen LogP contribution in [0, 0.1) is 29.3 Å². The molecule has 1 aromatic carbocycles. The van der Waals surface area contributed by atoms with Crippen molar-refractivity contribution >= 4 is 0 Å². The van der Waals surface area contributed by atoms with Crippen LogP contribution in [0.3, 0.4) is 0 Å². The van der Waals surface area contributed by atoms with Crippen molar-refractivity contribution in [2.45, 2.75) is 84.0 Å². The molecule has 1 fully saturated rings. The minimum Gasteiger partial charge on any atom is -0.204 e. The zero-order valence-corrected chi connectivity index (χ0v) is 16.1. The quantitative estimate of drug-likeness (QED) is 0.225. The fourth-order valence-electron chi connectivity index (χ4n) is 4.03. The maximum absolute atomic E-state index is 13.3. The second-order valence-corrected chi connectivity index (χ2v) is 7.84. The molecule has 3 heteroatoms. The number of unbranched alkanes of at least 4 members (excludes halogenated alkanes) is 3. The van der Waals surface area contributed by atoms with Gasteiger partial charge in [-0.3, -0.25) is 0 Å². The number of hydrogen-bond acceptors (Lipinski definition) is 0. The highest BCUT2D eigenvalue weighted by atomic mass is 19.2. The molecule has 0 aliphatic heterocycles. The van der Waals surface area contributed by atoms with Crippen LogP contribution in [-0.2, 0) is 6.42 Å². The summed E-state index contributed by atoms with van der Waals surface area (Å²) in [5.74, 6) is -2.03. The predicted octanol–water partition coefficient (Wildman–Crippen LogP) is 7.76. The molecular weight excluding hydrogens is 333 g/mol. The Morgan fingerprint density at radius 3 is 2.04 bits per heavy atom. The normalized spacial score (nSPS) is 20.8. The molecule has 0 unspecified atom stereocenters.